The number of carbonyl (C=O) groups excluding carboxylic acids is 2. The Balaban J connectivity index is 1.58. The topological polar surface area (TPSA) is 54.7 Å². The van der Waals surface area contributed by atoms with Crippen LogP contribution in [0.3, 0.4) is 0 Å². The number of amides is 1. The summed E-state index contributed by atoms with van der Waals surface area (Å²) >= 11 is 5.88. The predicted molar refractivity (Wildman–Crippen MR) is 109 cm³/mol. The molecule has 0 saturated carbocycles. The smallest absolute Gasteiger partial charge is 0.258 e. The molecule has 29 heavy (non-hydrogen) atoms. The van der Waals surface area contributed by atoms with Gasteiger partial charge >= 0.3 is 0 Å². The lowest BCUT2D eigenvalue weighted by atomic mass is 10.1. The average Bonchev–Trinajstić information content (AvgIpc) is 3.16. The molecular formula is C22H15ClFN3O2. The van der Waals surface area contributed by atoms with E-state index in [2.05, 4.69) is 4.98 Å². The third kappa shape index (κ3) is 3.62. The molecule has 0 saturated heterocycles. The Morgan fingerprint density at radius 2 is 1.62 bits per heavy atom. The molecule has 0 bridgehead atoms. The van der Waals surface area contributed by atoms with Gasteiger partial charge in [0.15, 0.2) is 0 Å². The lowest BCUT2D eigenvalue weighted by Gasteiger charge is -2.17. The summed E-state index contributed by atoms with van der Waals surface area (Å²) in [6.07, 6.45) is 2.62. The Bertz CT molecular complexity index is 1220. The summed E-state index contributed by atoms with van der Waals surface area (Å²) in [6.45, 7) is 0. The number of hydrogen-bond acceptors (Lipinski definition) is 3. The second kappa shape index (κ2) is 7.48. The summed E-state index contributed by atoms with van der Waals surface area (Å²) in [7, 11) is 1.66. The van der Waals surface area contributed by atoms with Crippen LogP contribution in [0, 0.1) is 5.82 Å². The van der Waals surface area contributed by atoms with Gasteiger partial charge < -0.3 is 4.90 Å². The number of nitrogens with zero attached hydrogens (tertiary/aromatic N) is 3. The quantitative estimate of drug-likeness (QED) is 0.463. The van der Waals surface area contributed by atoms with E-state index in [4.69, 9.17) is 11.6 Å². The maximum absolute atomic E-state index is 13.5. The van der Waals surface area contributed by atoms with Crippen molar-refractivity contribution < 1.29 is 14.0 Å². The maximum Gasteiger partial charge on any atom is 0.258 e. The Labute approximate surface area is 171 Å². The van der Waals surface area contributed by atoms with Gasteiger partial charge in [0, 0.05) is 35.1 Å². The van der Waals surface area contributed by atoms with Gasteiger partial charge in [-0.15, -0.1) is 0 Å². The van der Waals surface area contributed by atoms with Gasteiger partial charge in [-0.2, -0.15) is 0 Å². The molecule has 0 fully saturated rings. The highest BCUT2D eigenvalue weighted by Gasteiger charge is 2.17. The molecule has 4 rings (SSSR count). The standard InChI is InChI=1S/C22H15ClFN3O2/c1-26(18-9-6-16(23)7-10-18)22(29)15-4-2-14(3-5-15)21(28)19-12-25-20-11-8-17(24)13-27(19)20/h2-13H,1H3. The molecule has 0 aliphatic rings. The zero-order chi connectivity index (χ0) is 20.5. The Kier molecular flexibility index (Phi) is 4.86. The lowest BCUT2D eigenvalue weighted by Crippen LogP contribution is -2.26. The fourth-order valence-electron chi connectivity index (χ4n) is 3.01. The summed E-state index contributed by atoms with van der Waals surface area (Å²) in [5.41, 5.74) is 2.24. The van der Waals surface area contributed by atoms with Crippen molar-refractivity contribution in [3.63, 3.8) is 0 Å². The molecule has 2 aromatic carbocycles. The fourth-order valence-corrected chi connectivity index (χ4v) is 3.14. The molecule has 0 aliphatic carbocycles. The summed E-state index contributed by atoms with van der Waals surface area (Å²) in [6, 6.07) is 16.0. The van der Waals surface area contributed by atoms with Crippen LogP contribution in [0.1, 0.15) is 26.4 Å². The minimum absolute atomic E-state index is 0.219. The van der Waals surface area contributed by atoms with E-state index >= 15 is 0 Å². The van der Waals surface area contributed by atoms with E-state index in [0.29, 0.717) is 27.5 Å². The molecular weight excluding hydrogens is 393 g/mol. The van der Waals surface area contributed by atoms with Crippen LogP contribution < -0.4 is 4.90 Å². The van der Waals surface area contributed by atoms with E-state index < -0.39 is 5.82 Å². The van der Waals surface area contributed by atoms with Gasteiger partial charge in [0.25, 0.3) is 5.91 Å². The van der Waals surface area contributed by atoms with E-state index in [1.54, 1.807) is 55.6 Å². The van der Waals surface area contributed by atoms with Gasteiger partial charge in [0.2, 0.25) is 5.78 Å². The zero-order valence-electron chi connectivity index (χ0n) is 15.3. The van der Waals surface area contributed by atoms with Gasteiger partial charge in [0.05, 0.1) is 6.20 Å². The van der Waals surface area contributed by atoms with E-state index in [9.17, 15) is 14.0 Å². The number of carbonyl (C=O) groups is 2. The van der Waals surface area contributed by atoms with Crippen LogP contribution in [-0.2, 0) is 0 Å². The molecule has 5 nitrogen and oxygen atoms in total. The number of pyridine rings is 1. The van der Waals surface area contributed by atoms with Crippen LogP contribution >= 0.6 is 11.6 Å². The molecule has 144 valence electrons. The number of imidazole rings is 1. The number of fused-ring (bicyclic) bond motifs is 1. The number of benzene rings is 2. The van der Waals surface area contributed by atoms with Gasteiger partial charge in [-0.1, -0.05) is 23.7 Å². The minimum atomic E-state index is -0.462. The Hall–Kier alpha value is -3.51. The maximum atomic E-state index is 13.5. The van der Waals surface area contributed by atoms with Gasteiger partial charge in [-0.25, -0.2) is 9.37 Å². The second-order valence-corrected chi connectivity index (χ2v) is 6.90. The van der Waals surface area contributed by atoms with Crippen molar-refractivity contribution in [2.45, 2.75) is 0 Å². The average molecular weight is 408 g/mol. The lowest BCUT2D eigenvalue weighted by molar-refractivity contribution is 0.0990. The molecule has 2 aromatic heterocycles. The summed E-state index contributed by atoms with van der Waals surface area (Å²) in [5.74, 6) is -0.993. The minimum Gasteiger partial charge on any atom is -0.311 e. The zero-order valence-corrected chi connectivity index (χ0v) is 16.1. The third-order valence-electron chi connectivity index (χ3n) is 4.61. The monoisotopic (exact) mass is 407 g/mol. The predicted octanol–water partition coefficient (Wildman–Crippen LogP) is 4.63. The van der Waals surface area contributed by atoms with E-state index in [1.165, 1.54) is 33.8 Å². The van der Waals surface area contributed by atoms with Crippen LogP contribution in [0.4, 0.5) is 10.1 Å². The highest BCUT2D eigenvalue weighted by Crippen LogP contribution is 2.20. The molecule has 7 heteroatoms. The molecule has 0 N–H and O–H groups in total. The van der Waals surface area contributed by atoms with Crippen LogP contribution in [0.25, 0.3) is 5.65 Å². The van der Waals surface area contributed by atoms with Gasteiger partial charge in [-0.05, 0) is 48.5 Å². The van der Waals surface area contributed by atoms with E-state index in [1.807, 2.05) is 0 Å². The molecule has 1 amide bonds. The first-order chi connectivity index (χ1) is 13.9. The number of aromatic nitrogens is 2. The number of anilines is 1. The van der Waals surface area contributed by atoms with Crippen molar-refractivity contribution in [3.8, 4) is 0 Å². The van der Waals surface area contributed by atoms with Crippen molar-refractivity contribution >= 4 is 34.6 Å². The van der Waals surface area contributed by atoms with Gasteiger partial charge in [0.1, 0.15) is 17.2 Å². The van der Waals surface area contributed by atoms with E-state index in [-0.39, 0.29) is 17.4 Å². The molecule has 0 spiro atoms. The normalized spacial score (nSPS) is 10.9. The van der Waals surface area contributed by atoms with Crippen molar-refractivity contribution in [1.29, 1.82) is 0 Å². The molecule has 0 radical (unpaired) electrons. The second-order valence-electron chi connectivity index (χ2n) is 6.47. The van der Waals surface area contributed by atoms with Crippen molar-refractivity contribution in [2.24, 2.45) is 0 Å². The number of rotatable bonds is 4. The Morgan fingerprint density at radius 3 is 2.31 bits per heavy atom. The molecule has 0 unspecified atom stereocenters. The van der Waals surface area contributed by atoms with Crippen LogP contribution in [-0.4, -0.2) is 28.1 Å². The van der Waals surface area contributed by atoms with Crippen molar-refractivity contribution in [3.05, 3.63) is 101 Å². The molecule has 0 atom stereocenters. The first kappa shape index (κ1) is 18.8. The highest BCUT2D eigenvalue weighted by molar-refractivity contribution is 6.30. The van der Waals surface area contributed by atoms with Crippen molar-refractivity contribution in [2.75, 3.05) is 11.9 Å². The van der Waals surface area contributed by atoms with Crippen molar-refractivity contribution in [1.82, 2.24) is 9.38 Å². The fraction of sp³-hybridized carbons (Fsp3) is 0.0455. The van der Waals surface area contributed by atoms with E-state index in [0.717, 1.165) is 0 Å². The first-order valence-corrected chi connectivity index (χ1v) is 9.13. The third-order valence-corrected chi connectivity index (χ3v) is 4.87. The molecule has 4 aromatic rings. The van der Waals surface area contributed by atoms with Crippen LogP contribution in [0.5, 0.6) is 0 Å². The van der Waals surface area contributed by atoms with Crippen LogP contribution in [0.15, 0.2) is 73.1 Å². The summed E-state index contributed by atoms with van der Waals surface area (Å²) in [4.78, 5) is 31.1. The summed E-state index contributed by atoms with van der Waals surface area (Å²) in [5, 5.41) is 0.588. The number of hydrogen-bond donors (Lipinski definition) is 0. The largest absolute Gasteiger partial charge is 0.311 e. The number of ketones is 1. The van der Waals surface area contributed by atoms with Crippen LogP contribution in [0.2, 0.25) is 5.02 Å². The summed E-state index contributed by atoms with van der Waals surface area (Å²) < 4.78 is 14.9. The SMILES string of the molecule is CN(C(=O)c1ccc(C(=O)c2cnc3ccc(F)cn23)cc1)c1ccc(Cl)cc1. The Morgan fingerprint density at radius 1 is 0.966 bits per heavy atom. The molecule has 2 heterocycles. The van der Waals surface area contributed by atoms with Gasteiger partial charge in [-0.3, -0.25) is 14.0 Å². The first-order valence-electron chi connectivity index (χ1n) is 8.75. The molecule has 0 aliphatic heterocycles. The number of halogens is 2. The highest BCUT2D eigenvalue weighted by atomic mass is 35.5.